The van der Waals surface area contributed by atoms with Crippen LogP contribution in [0.15, 0.2) is 42.5 Å². The molecule has 0 bridgehead atoms. The topological polar surface area (TPSA) is 130 Å². The van der Waals surface area contributed by atoms with Gasteiger partial charge < -0.3 is 24.9 Å². The van der Waals surface area contributed by atoms with Gasteiger partial charge in [-0.3, -0.25) is 9.52 Å². The Balaban J connectivity index is 1.48. The fraction of sp³-hybridized carbons (Fsp3) is 0.375. The van der Waals surface area contributed by atoms with Crippen molar-refractivity contribution < 1.29 is 27.8 Å². The quantitative estimate of drug-likeness (QED) is 0.227. The fourth-order valence-electron chi connectivity index (χ4n) is 3.62. The Kier molecular flexibility index (Phi) is 8.54. The average molecular weight is 490 g/mol. The van der Waals surface area contributed by atoms with Gasteiger partial charge in [0.05, 0.1) is 25.4 Å². The first-order valence-electron chi connectivity index (χ1n) is 11.0. The summed E-state index contributed by atoms with van der Waals surface area (Å²) in [5.74, 6) is 0.429. The summed E-state index contributed by atoms with van der Waals surface area (Å²) < 4.78 is 36.0. The summed E-state index contributed by atoms with van der Waals surface area (Å²) in [6.45, 7) is 5.30. The Labute approximate surface area is 199 Å². The van der Waals surface area contributed by atoms with Gasteiger partial charge in [-0.2, -0.15) is 0 Å². The lowest BCUT2D eigenvalue weighted by molar-refractivity contribution is -0.142. The van der Waals surface area contributed by atoms with Gasteiger partial charge in [0.2, 0.25) is 10.0 Å². The number of hydrogen-bond donors (Lipinski definition) is 4. The van der Waals surface area contributed by atoms with Gasteiger partial charge in [0.15, 0.2) is 0 Å². The molecule has 3 rings (SSSR count). The molecule has 0 saturated carbocycles. The first-order valence-corrected chi connectivity index (χ1v) is 12.9. The monoisotopic (exact) mass is 489 g/mol. The Morgan fingerprint density at radius 3 is 2.74 bits per heavy atom. The number of carbonyl (C=O) groups is 1. The summed E-state index contributed by atoms with van der Waals surface area (Å²) >= 11 is 0. The van der Waals surface area contributed by atoms with E-state index in [1.165, 1.54) is 0 Å². The van der Waals surface area contributed by atoms with Crippen LogP contribution in [0.5, 0.6) is 5.75 Å². The molecule has 34 heavy (non-hydrogen) atoms. The van der Waals surface area contributed by atoms with Crippen LogP contribution in [-0.4, -0.2) is 57.0 Å². The molecule has 9 nitrogen and oxygen atoms in total. The summed E-state index contributed by atoms with van der Waals surface area (Å²) in [5.41, 5.74) is 3.74. The number of esters is 1. The molecule has 0 spiro atoms. The number of sulfonamides is 1. The minimum absolute atomic E-state index is 0.198. The molecule has 1 atom stereocenters. The van der Waals surface area contributed by atoms with Crippen LogP contribution in [0, 0.1) is 6.92 Å². The number of aromatic nitrogens is 1. The number of H-pyrrole nitrogens is 1. The van der Waals surface area contributed by atoms with Crippen molar-refractivity contribution >= 4 is 32.6 Å². The van der Waals surface area contributed by atoms with Crippen LogP contribution in [0.3, 0.4) is 0 Å². The van der Waals surface area contributed by atoms with Gasteiger partial charge in [-0.15, -0.1) is 0 Å². The third-order valence-corrected chi connectivity index (χ3v) is 5.83. The highest BCUT2D eigenvalue weighted by atomic mass is 32.2. The summed E-state index contributed by atoms with van der Waals surface area (Å²) in [5, 5.41) is 14.5. The largest absolute Gasteiger partial charge is 0.492 e. The highest BCUT2D eigenvalue weighted by molar-refractivity contribution is 7.92. The van der Waals surface area contributed by atoms with Crippen molar-refractivity contribution in [1.29, 1.82) is 0 Å². The third kappa shape index (κ3) is 7.21. The molecule has 3 aromatic rings. The van der Waals surface area contributed by atoms with E-state index in [-0.39, 0.29) is 18.9 Å². The van der Waals surface area contributed by atoms with Gasteiger partial charge in [0, 0.05) is 41.4 Å². The van der Waals surface area contributed by atoms with Crippen LogP contribution in [0.25, 0.3) is 10.9 Å². The van der Waals surface area contributed by atoms with Crippen LogP contribution in [0.1, 0.15) is 29.8 Å². The Bertz CT molecular complexity index is 1240. The summed E-state index contributed by atoms with van der Waals surface area (Å²) in [7, 11) is -3.38. The minimum atomic E-state index is -3.38. The maximum Gasteiger partial charge on any atom is 0.311 e. The number of aliphatic hydroxyl groups excluding tert-OH is 1. The van der Waals surface area contributed by atoms with E-state index < -0.39 is 16.1 Å². The predicted octanol–water partition coefficient (Wildman–Crippen LogP) is 2.66. The van der Waals surface area contributed by atoms with Crippen LogP contribution in [0.2, 0.25) is 0 Å². The molecule has 0 aliphatic heterocycles. The standard InChI is InChI=1S/C24H31N3O6S/c1-4-32-24(29)14-21-16(2)20-9-8-19(13-22(20)26-21)33-11-10-25-15-23(28)17-6-5-7-18(12-17)27-34(3,30)31/h5-9,12-13,23,25-28H,4,10-11,14-15H2,1-3H3/t23-/m0/s1. The van der Waals surface area contributed by atoms with Gasteiger partial charge >= 0.3 is 5.97 Å². The van der Waals surface area contributed by atoms with E-state index in [4.69, 9.17) is 9.47 Å². The van der Waals surface area contributed by atoms with Crippen molar-refractivity contribution in [2.75, 3.05) is 37.3 Å². The summed E-state index contributed by atoms with van der Waals surface area (Å²) in [6.07, 6.45) is 0.483. The number of rotatable bonds is 12. The molecule has 2 aromatic carbocycles. The second-order valence-electron chi connectivity index (χ2n) is 7.99. The Morgan fingerprint density at radius 2 is 2.00 bits per heavy atom. The second-order valence-corrected chi connectivity index (χ2v) is 9.73. The fourth-order valence-corrected chi connectivity index (χ4v) is 4.17. The summed E-state index contributed by atoms with van der Waals surface area (Å²) in [4.78, 5) is 15.1. The number of fused-ring (bicyclic) bond motifs is 1. The normalized spacial score (nSPS) is 12.5. The highest BCUT2D eigenvalue weighted by Crippen LogP contribution is 2.26. The molecule has 0 radical (unpaired) electrons. The van der Waals surface area contributed by atoms with E-state index in [0.29, 0.717) is 36.8 Å². The molecule has 1 aromatic heterocycles. The lowest BCUT2D eigenvalue weighted by Gasteiger charge is -2.14. The first kappa shape index (κ1) is 25.5. The van der Waals surface area contributed by atoms with Crippen molar-refractivity contribution in [3.05, 3.63) is 59.3 Å². The van der Waals surface area contributed by atoms with E-state index in [1.807, 2.05) is 25.1 Å². The minimum Gasteiger partial charge on any atom is -0.492 e. The summed E-state index contributed by atoms with van der Waals surface area (Å²) in [6, 6.07) is 12.4. The van der Waals surface area contributed by atoms with Gasteiger partial charge in [0.1, 0.15) is 12.4 Å². The Hall–Kier alpha value is -3.08. The molecule has 0 unspecified atom stereocenters. The van der Waals surface area contributed by atoms with Crippen molar-refractivity contribution in [2.45, 2.75) is 26.4 Å². The maximum atomic E-state index is 11.8. The number of carbonyl (C=O) groups excluding carboxylic acids is 1. The molecule has 4 N–H and O–H groups in total. The maximum absolute atomic E-state index is 11.8. The van der Waals surface area contributed by atoms with Gasteiger partial charge in [-0.1, -0.05) is 12.1 Å². The van der Waals surface area contributed by atoms with E-state index in [9.17, 15) is 18.3 Å². The zero-order chi connectivity index (χ0) is 24.7. The van der Waals surface area contributed by atoms with Crippen molar-refractivity contribution in [3.63, 3.8) is 0 Å². The number of aryl methyl sites for hydroxylation is 1. The predicted molar refractivity (Wildman–Crippen MR) is 132 cm³/mol. The molecule has 184 valence electrons. The third-order valence-electron chi connectivity index (χ3n) is 5.22. The van der Waals surface area contributed by atoms with Crippen LogP contribution in [0.4, 0.5) is 5.69 Å². The van der Waals surface area contributed by atoms with Crippen molar-refractivity contribution in [2.24, 2.45) is 0 Å². The molecule has 10 heteroatoms. The smallest absolute Gasteiger partial charge is 0.311 e. The molecule has 1 heterocycles. The van der Waals surface area contributed by atoms with Crippen molar-refractivity contribution in [1.82, 2.24) is 10.3 Å². The first-order chi connectivity index (χ1) is 16.2. The molecule has 0 aliphatic rings. The lowest BCUT2D eigenvalue weighted by Crippen LogP contribution is -2.26. The zero-order valence-corrected chi connectivity index (χ0v) is 20.4. The SMILES string of the molecule is CCOC(=O)Cc1[nH]c2cc(OCCNC[C@H](O)c3cccc(NS(C)(=O)=O)c3)ccc2c1C. The highest BCUT2D eigenvalue weighted by Gasteiger charge is 2.13. The van der Waals surface area contributed by atoms with Crippen LogP contribution < -0.4 is 14.8 Å². The second kappa shape index (κ2) is 11.4. The number of aliphatic hydroxyl groups is 1. The van der Waals surface area contributed by atoms with Crippen LogP contribution >= 0.6 is 0 Å². The average Bonchev–Trinajstić information content (AvgIpc) is 3.07. The van der Waals surface area contributed by atoms with Crippen molar-refractivity contribution in [3.8, 4) is 5.75 Å². The molecule has 0 fully saturated rings. The molecular formula is C24H31N3O6S. The number of nitrogens with one attached hydrogen (secondary N) is 3. The van der Waals surface area contributed by atoms with Gasteiger partial charge in [-0.25, -0.2) is 8.42 Å². The number of hydrogen-bond acceptors (Lipinski definition) is 7. The lowest BCUT2D eigenvalue weighted by atomic mass is 10.1. The van der Waals surface area contributed by atoms with E-state index in [1.54, 1.807) is 31.2 Å². The van der Waals surface area contributed by atoms with E-state index in [2.05, 4.69) is 15.0 Å². The number of ether oxygens (including phenoxy) is 2. The zero-order valence-electron chi connectivity index (χ0n) is 19.6. The van der Waals surface area contributed by atoms with E-state index in [0.717, 1.165) is 28.4 Å². The molecule has 0 aliphatic carbocycles. The Morgan fingerprint density at radius 1 is 1.21 bits per heavy atom. The van der Waals surface area contributed by atoms with E-state index >= 15 is 0 Å². The molecule has 0 saturated heterocycles. The molecular weight excluding hydrogens is 458 g/mol. The molecule has 0 amide bonds. The number of anilines is 1. The van der Waals surface area contributed by atoms with Crippen LogP contribution in [-0.2, 0) is 26.0 Å². The number of aromatic amines is 1. The number of benzene rings is 2. The van der Waals surface area contributed by atoms with Gasteiger partial charge in [0.25, 0.3) is 0 Å². The van der Waals surface area contributed by atoms with Gasteiger partial charge in [-0.05, 0) is 49.2 Å².